The number of ether oxygens (including phenoxy) is 3. The summed E-state index contributed by atoms with van der Waals surface area (Å²) in [6.07, 6.45) is -9.06. The second-order valence-electron chi connectivity index (χ2n) is 14.8. The number of carbonyl (C=O) groups excluding carboxylic acids is 1. The molecule has 2 aromatic carbocycles. The van der Waals surface area contributed by atoms with Crippen LogP contribution in [0.4, 0.5) is 48.3 Å². The van der Waals surface area contributed by atoms with Gasteiger partial charge in [-0.2, -0.15) is 48.3 Å². The Morgan fingerprint density at radius 3 is 1.77 bits per heavy atom. The Morgan fingerprint density at radius 1 is 0.717 bits per heavy atom. The topological polar surface area (TPSA) is 75.0 Å². The maximum Gasteiger partial charge on any atom is 0.417 e. The highest BCUT2D eigenvalue weighted by Crippen LogP contribution is 2.54. The standard InChI is InChI=1S/C36H39F11O6/c1-30(2,3)19-26(31(4,5)6)29(49)52-15-13-33(39,40)36(46,47)35(44,45)32(37,38)12-14-51-22-9-8-20-16-24(28(48)53-27(20)18-22)23-11-10-21(50-7)17-25(23)34(41,42)43/h8-11,16-18,26H,12-15,19H2,1-7H3. The van der Waals surface area contributed by atoms with Gasteiger partial charge in [0, 0.05) is 17.0 Å². The molecular formula is C36H39F11O6. The molecule has 0 spiro atoms. The smallest absolute Gasteiger partial charge is 0.417 e. The Morgan fingerprint density at radius 2 is 1.26 bits per heavy atom. The maximum atomic E-state index is 14.6. The van der Waals surface area contributed by atoms with Gasteiger partial charge in [-0.25, -0.2) is 4.79 Å². The van der Waals surface area contributed by atoms with Crippen molar-refractivity contribution in [3.8, 4) is 22.6 Å². The van der Waals surface area contributed by atoms with Crippen molar-refractivity contribution < 1.29 is 71.7 Å². The summed E-state index contributed by atoms with van der Waals surface area (Å²) in [6, 6.07) is 6.90. The van der Waals surface area contributed by atoms with E-state index in [0.29, 0.717) is 6.07 Å². The molecule has 0 saturated heterocycles. The van der Waals surface area contributed by atoms with Gasteiger partial charge in [0.2, 0.25) is 0 Å². The van der Waals surface area contributed by atoms with Crippen LogP contribution in [0.25, 0.3) is 22.1 Å². The summed E-state index contributed by atoms with van der Waals surface area (Å²) in [5.41, 5.74) is -5.05. The van der Waals surface area contributed by atoms with Crippen molar-refractivity contribution in [2.24, 2.45) is 16.7 Å². The minimum atomic E-state index is -6.61. The Kier molecular flexibility index (Phi) is 12.3. The number of methoxy groups -OCH3 is 1. The summed E-state index contributed by atoms with van der Waals surface area (Å²) in [5.74, 6) is -27.2. The van der Waals surface area contributed by atoms with Crippen LogP contribution >= 0.6 is 0 Å². The van der Waals surface area contributed by atoms with E-state index in [-0.39, 0.29) is 23.1 Å². The van der Waals surface area contributed by atoms with Crippen molar-refractivity contribution in [2.75, 3.05) is 20.3 Å². The Balaban J connectivity index is 1.72. The van der Waals surface area contributed by atoms with Gasteiger partial charge < -0.3 is 18.6 Å². The van der Waals surface area contributed by atoms with Crippen molar-refractivity contribution in [3.63, 3.8) is 0 Å². The predicted octanol–water partition coefficient (Wildman–Crippen LogP) is 10.8. The lowest BCUT2D eigenvalue weighted by atomic mass is 9.72. The van der Waals surface area contributed by atoms with Gasteiger partial charge in [0.25, 0.3) is 0 Å². The molecule has 0 aliphatic heterocycles. The van der Waals surface area contributed by atoms with E-state index in [4.69, 9.17) is 18.6 Å². The molecule has 3 rings (SSSR count). The predicted molar refractivity (Wildman–Crippen MR) is 172 cm³/mol. The lowest BCUT2D eigenvalue weighted by molar-refractivity contribution is -0.369. The highest BCUT2D eigenvalue weighted by Gasteiger charge is 2.79. The van der Waals surface area contributed by atoms with Gasteiger partial charge in [-0.15, -0.1) is 0 Å². The van der Waals surface area contributed by atoms with Crippen molar-refractivity contribution >= 4 is 16.9 Å². The zero-order valence-corrected chi connectivity index (χ0v) is 29.8. The summed E-state index contributed by atoms with van der Waals surface area (Å²) in [6.45, 7) is 7.42. The number of esters is 1. The molecule has 53 heavy (non-hydrogen) atoms. The molecule has 6 nitrogen and oxygen atoms in total. The van der Waals surface area contributed by atoms with Crippen LogP contribution in [0.2, 0.25) is 0 Å². The highest BCUT2D eigenvalue weighted by molar-refractivity contribution is 5.83. The van der Waals surface area contributed by atoms with E-state index in [0.717, 1.165) is 37.4 Å². The number of halogens is 11. The number of fused-ring (bicyclic) bond motifs is 1. The van der Waals surface area contributed by atoms with Crippen LogP contribution in [0.3, 0.4) is 0 Å². The van der Waals surface area contributed by atoms with E-state index >= 15 is 0 Å². The Bertz CT molecular complexity index is 1820. The second-order valence-corrected chi connectivity index (χ2v) is 14.8. The van der Waals surface area contributed by atoms with E-state index in [9.17, 15) is 57.9 Å². The molecule has 1 unspecified atom stereocenters. The van der Waals surface area contributed by atoms with E-state index in [2.05, 4.69) is 0 Å². The van der Waals surface area contributed by atoms with Crippen LogP contribution in [0, 0.1) is 16.7 Å². The molecule has 3 aromatic rings. The molecule has 0 radical (unpaired) electrons. The average molecular weight is 777 g/mol. The number of benzene rings is 2. The Hall–Kier alpha value is -4.05. The van der Waals surface area contributed by atoms with Crippen molar-refractivity contribution in [1.29, 1.82) is 0 Å². The quantitative estimate of drug-likeness (QED) is 0.0922. The maximum absolute atomic E-state index is 14.6. The zero-order valence-electron chi connectivity index (χ0n) is 29.8. The van der Waals surface area contributed by atoms with Gasteiger partial charge in [0.1, 0.15) is 17.1 Å². The van der Waals surface area contributed by atoms with E-state index in [1.54, 1.807) is 41.5 Å². The minimum Gasteiger partial charge on any atom is -0.497 e. The summed E-state index contributed by atoms with van der Waals surface area (Å²) in [7, 11) is 1.14. The fraction of sp³-hybridized carbons (Fsp3) is 0.556. The van der Waals surface area contributed by atoms with Crippen LogP contribution in [-0.2, 0) is 15.7 Å². The monoisotopic (exact) mass is 776 g/mol. The van der Waals surface area contributed by atoms with Crippen molar-refractivity contribution in [3.05, 3.63) is 58.4 Å². The summed E-state index contributed by atoms with van der Waals surface area (Å²) >= 11 is 0. The van der Waals surface area contributed by atoms with Gasteiger partial charge in [0.05, 0.1) is 50.2 Å². The van der Waals surface area contributed by atoms with Crippen molar-refractivity contribution in [2.45, 2.75) is 90.7 Å². The number of rotatable bonds is 14. The molecule has 1 heterocycles. The second kappa shape index (κ2) is 15.0. The van der Waals surface area contributed by atoms with E-state index < -0.39 is 107 Å². The van der Waals surface area contributed by atoms with Gasteiger partial charge in [-0.05, 0) is 53.6 Å². The summed E-state index contributed by atoms with van der Waals surface area (Å²) in [4.78, 5) is 25.3. The Labute approximate surface area is 297 Å². The first-order chi connectivity index (χ1) is 23.9. The summed E-state index contributed by atoms with van der Waals surface area (Å²) in [5, 5.41) is 0.0171. The largest absolute Gasteiger partial charge is 0.497 e. The number of hydrogen-bond donors (Lipinski definition) is 0. The number of alkyl halides is 11. The van der Waals surface area contributed by atoms with Crippen LogP contribution in [-0.4, -0.2) is 50.0 Å². The normalized spacial score (nSPS) is 14.3. The van der Waals surface area contributed by atoms with Crippen molar-refractivity contribution in [1.82, 2.24) is 0 Å². The summed E-state index contributed by atoms with van der Waals surface area (Å²) < 4.78 is 177. The molecular weight excluding hydrogens is 737 g/mol. The molecule has 0 bridgehead atoms. The average Bonchev–Trinajstić information content (AvgIpc) is 3.01. The molecule has 0 fully saturated rings. The van der Waals surface area contributed by atoms with Crippen LogP contribution in [0.15, 0.2) is 51.7 Å². The molecule has 0 amide bonds. The highest BCUT2D eigenvalue weighted by atomic mass is 19.4. The number of hydrogen-bond acceptors (Lipinski definition) is 6. The first kappa shape index (κ1) is 43.4. The molecule has 0 saturated carbocycles. The molecule has 0 aliphatic carbocycles. The fourth-order valence-electron chi connectivity index (χ4n) is 5.30. The molecule has 296 valence electrons. The fourth-order valence-corrected chi connectivity index (χ4v) is 5.30. The van der Waals surface area contributed by atoms with Crippen LogP contribution in [0.1, 0.15) is 66.4 Å². The van der Waals surface area contributed by atoms with Crippen LogP contribution < -0.4 is 15.1 Å². The third-order valence-corrected chi connectivity index (χ3v) is 8.33. The van der Waals surface area contributed by atoms with Gasteiger partial charge >= 0.3 is 41.5 Å². The lowest BCUT2D eigenvalue weighted by Crippen LogP contribution is -2.62. The van der Waals surface area contributed by atoms with Gasteiger partial charge in [-0.1, -0.05) is 41.5 Å². The third kappa shape index (κ3) is 9.74. The lowest BCUT2D eigenvalue weighted by Gasteiger charge is -2.37. The first-order valence-electron chi connectivity index (χ1n) is 16.1. The molecule has 1 atom stereocenters. The SMILES string of the molecule is COc1ccc(-c2cc3ccc(OCCC(F)(F)C(F)(F)C(F)(F)C(F)(F)CCOC(=O)C(CC(C)(C)C)C(C)(C)C)cc3oc2=O)c(C(F)(F)F)c1. The van der Waals surface area contributed by atoms with E-state index in [1.165, 1.54) is 6.07 Å². The van der Waals surface area contributed by atoms with Gasteiger partial charge in [0.15, 0.2) is 0 Å². The molecule has 0 aliphatic rings. The van der Waals surface area contributed by atoms with Gasteiger partial charge in [-0.3, -0.25) is 4.79 Å². The third-order valence-electron chi connectivity index (χ3n) is 8.33. The zero-order chi connectivity index (χ0) is 40.6. The van der Waals surface area contributed by atoms with E-state index in [1.807, 2.05) is 0 Å². The number of carbonyl (C=O) groups is 1. The molecule has 1 aromatic heterocycles. The molecule has 17 heteroatoms. The minimum absolute atomic E-state index is 0.0171. The van der Waals surface area contributed by atoms with Crippen LogP contribution in [0.5, 0.6) is 11.5 Å². The molecule has 0 N–H and O–H groups in total. The first-order valence-corrected chi connectivity index (χ1v) is 16.1.